The Balaban J connectivity index is 1.50. The van der Waals surface area contributed by atoms with Crippen molar-refractivity contribution in [1.82, 2.24) is 24.6 Å². The molecule has 0 atom stereocenters. The fourth-order valence-corrected chi connectivity index (χ4v) is 2.56. The molecule has 0 fully saturated rings. The van der Waals surface area contributed by atoms with Crippen LogP contribution in [0.15, 0.2) is 55.0 Å². The molecule has 0 amide bonds. The Bertz CT molecular complexity index is 1030. The van der Waals surface area contributed by atoms with Gasteiger partial charge in [0.15, 0.2) is 5.65 Å². The zero-order valence-corrected chi connectivity index (χ0v) is 14.1. The van der Waals surface area contributed by atoms with Crippen LogP contribution >= 0.6 is 0 Å². The van der Waals surface area contributed by atoms with Crippen LogP contribution in [0.25, 0.3) is 16.9 Å². The third-order valence-electron chi connectivity index (χ3n) is 3.94. The minimum absolute atomic E-state index is 0.426. The third kappa shape index (κ3) is 3.12. The van der Waals surface area contributed by atoms with Crippen molar-refractivity contribution in [3.05, 3.63) is 60.6 Å². The van der Waals surface area contributed by atoms with E-state index in [4.69, 9.17) is 10.5 Å². The van der Waals surface area contributed by atoms with Crippen molar-refractivity contribution in [3.63, 3.8) is 0 Å². The first-order valence-corrected chi connectivity index (χ1v) is 8.02. The van der Waals surface area contributed by atoms with Gasteiger partial charge in [-0.1, -0.05) is 12.1 Å². The van der Waals surface area contributed by atoms with E-state index in [0.29, 0.717) is 18.3 Å². The second-order valence-corrected chi connectivity index (χ2v) is 5.67. The van der Waals surface area contributed by atoms with E-state index in [1.807, 2.05) is 30.3 Å². The van der Waals surface area contributed by atoms with Gasteiger partial charge in [0.25, 0.3) is 0 Å². The summed E-state index contributed by atoms with van der Waals surface area (Å²) in [5, 5.41) is 7.47. The van der Waals surface area contributed by atoms with Crippen LogP contribution in [-0.2, 0) is 6.54 Å². The van der Waals surface area contributed by atoms with Crippen molar-refractivity contribution in [3.8, 4) is 17.0 Å². The molecule has 0 aliphatic rings. The largest absolute Gasteiger partial charge is 0.497 e. The van der Waals surface area contributed by atoms with Gasteiger partial charge in [0, 0.05) is 24.5 Å². The lowest BCUT2D eigenvalue weighted by molar-refractivity contribution is 0.414. The summed E-state index contributed by atoms with van der Waals surface area (Å²) in [5.41, 5.74) is 9.18. The molecule has 0 saturated heterocycles. The molecule has 26 heavy (non-hydrogen) atoms. The number of fused-ring (bicyclic) bond motifs is 1. The van der Waals surface area contributed by atoms with Crippen molar-refractivity contribution < 1.29 is 4.74 Å². The van der Waals surface area contributed by atoms with Crippen LogP contribution in [-0.4, -0.2) is 31.7 Å². The van der Waals surface area contributed by atoms with E-state index in [-0.39, 0.29) is 0 Å². The highest BCUT2D eigenvalue weighted by atomic mass is 16.5. The van der Waals surface area contributed by atoms with Gasteiger partial charge in [0.05, 0.1) is 19.0 Å². The molecule has 0 unspecified atom stereocenters. The van der Waals surface area contributed by atoms with Crippen molar-refractivity contribution in [2.24, 2.45) is 0 Å². The SMILES string of the molecule is COc1ccc(CNc2ncc(-c3cnc4ccc(N)nn34)cn2)cc1. The molecule has 3 N–H and O–H groups in total. The second kappa shape index (κ2) is 6.67. The maximum atomic E-state index is 5.76. The summed E-state index contributed by atoms with van der Waals surface area (Å²) in [5.74, 6) is 1.80. The smallest absolute Gasteiger partial charge is 0.222 e. The summed E-state index contributed by atoms with van der Waals surface area (Å²) in [6, 6.07) is 11.4. The molecule has 0 radical (unpaired) electrons. The number of ether oxygens (including phenoxy) is 1. The number of nitrogen functional groups attached to an aromatic ring is 1. The standard InChI is InChI=1S/C18H17N7O/c1-26-14-4-2-12(3-5-14)8-21-18-22-9-13(10-23-18)15-11-20-17-7-6-16(19)24-25(15)17/h2-7,9-11H,8H2,1H3,(H2,19,24)(H,21,22,23). The average molecular weight is 347 g/mol. The molecule has 4 rings (SSSR count). The molecule has 8 heteroatoms. The molecule has 0 saturated carbocycles. The third-order valence-corrected chi connectivity index (χ3v) is 3.94. The molecular weight excluding hydrogens is 330 g/mol. The van der Waals surface area contributed by atoms with Gasteiger partial charge in [-0.3, -0.25) is 0 Å². The van der Waals surface area contributed by atoms with Gasteiger partial charge in [-0.15, -0.1) is 5.10 Å². The number of rotatable bonds is 5. The number of hydrogen-bond acceptors (Lipinski definition) is 7. The molecule has 3 heterocycles. The van der Waals surface area contributed by atoms with Crippen molar-refractivity contribution >= 4 is 17.4 Å². The number of benzene rings is 1. The summed E-state index contributed by atoms with van der Waals surface area (Å²) in [4.78, 5) is 13.0. The zero-order chi connectivity index (χ0) is 17.9. The van der Waals surface area contributed by atoms with Crippen LogP contribution in [0.5, 0.6) is 5.75 Å². The van der Waals surface area contributed by atoms with E-state index in [2.05, 4.69) is 25.4 Å². The summed E-state index contributed by atoms with van der Waals surface area (Å²) in [6.07, 6.45) is 5.19. The summed E-state index contributed by atoms with van der Waals surface area (Å²) < 4.78 is 6.83. The Kier molecular flexibility index (Phi) is 4.06. The minimum Gasteiger partial charge on any atom is -0.497 e. The molecule has 0 bridgehead atoms. The summed E-state index contributed by atoms with van der Waals surface area (Å²) in [7, 11) is 1.65. The van der Waals surface area contributed by atoms with Crippen LogP contribution in [0.2, 0.25) is 0 Å². The van der Waals surface area contributed by atoms with Crippen molar-refractivity contribution in [2.45, 2.75) is 6.54 Å². The van der Waals surface area contributed by atoms with E-state index in [1.165, 1.54) is 0 Å². The fourth-order valence-electron chi connectivity index (χ4n) is 2.56. The van der Waals surface area contributed by atoms with Crippen LogP contribution in [0.1, 0.15) is 5.56 Å². The number of nitrogens with two attached hydrogens (primary N) is 1. The summed E-state index contributed by atoms with van der Waals surface area (Å²) in [6.45, 7) is 0.622. The lowest BCUT2D eigenvalue weighted by Crippen LogP contribution is -2.04. The second-order valence-electron chi connectivity index (χ2n) is 5.67. The lowest BCUT2D eigenvalue weighted by Gasteiger charge is -2.07. The van der Waals surface area contributed by atoms with E-state index in [0.717, 1.165) is 28.2 Å². The van der Waals surface area contributed by atoms with E-state index in [9.17, 15) is 0 Å². The highest BCUT2D eigenvalue weighted by Crippen LogP contribution is 2.20. The molecule has 0 aliphatic heterocycles. The number of aromatic nitrogens is 5. The molecule has 130 valence electrons. The summed E-state index contributed by atoms with van der Waals surface area (Å²) >= 11 is 0. The number of anilines is 2. The van der Waals surface area contributed by atoms with Crippen LogP contribution in [0, 0.1) is 0 Å². The van der Waals surface area contributed by atoms with Gasteiger partial charge < -0.3 is 15.8 Å². The Labute approximate surface area is 149 Å². The number of hydrogen-bond donors (Lipinski definition) is 2. The molecule has 3 aromatic heterocycles. The van der Waals surface area contributed by atoms with Gasteiger partial charge in [-0.2, -0.15) is 0 Å². The zero-order valence-electron chi connectivity index (χ0n) is 14.1. The Morgan fingerprint density at radius 1 is 1.00 bits per heavy atom. The highest BCUT2D eigenvalue weighted by molar-refractivity contribution is 5.62. The maximum Gasteiger partial charge on any atom is 0.222 e. The van der Waals surface area contributed by atoms with Crippen LogP contribution < -0.4 is 15.8 Å². The first-order valence-electron chi connectivity index (χ1n) is 8.02. The Morgan fingerprint density at radius 3 is 2.50 bits per heavy atom. The topological polar surface area (TPSA) is 103 Å². The van der Waals surface area contributed by atoms with Crippen LogP contribution in [0.4, 0.5) is 11.8 Å². The Morgan fingerprint density at radius 2 is 1.77 bits per heavy atom. The van der Waals surface area contributed by atoms with E-state index in [1.54, 1.807) is 36.3 Å². The fraction of sp³-hybridized carbons (Fsp3) is 0.111. The molecule has 0 aliphatic carbocycles. The predicted octanol–water partition coefficient (Wildman–Crippen LogP) is 2.39. The Hall–Kier alpha value is -3.68. The van der Waals surface area contributed by atoms with Crippen molar-refractivity contribution in [2.75, 3.05) is 18.2 Å². The first kappa shape index (κ1) is 15.8. The number of methoxy groups -OCH3 is 1. The maximum absolute atomic E-state index is 5.76. The molecular formula is C18H17N7O. The minimum atomic E-state index is 0.426. The van der Waals surface area contributed by atoms with Crippen LogP contribution in [0.3, 0.4) is 0 Å². The first-order chi connectivity index (χ1) is 12.7. The van der Waals surface area contributed by atoms with Crippen molar-refractivity contribution in [1.29, 1.82) is 0 Å². The number of nitrogens with one attached hydrogen (secondary N) is 1. The van der Waals surface area contributed by atoms with Gasteiger partial charge in [0.1, 0.15) is 11.6 Å². The number of imidazole rings is 1. The van der Waals surface area contributed by atoms with E-state index >= 15 is 0 Å². The predicted molar refractivity (Wildman–Crippen MR) is 98.7 cm³/mol. The van der Waals surface area contributed by atoms with Gasteiger partial charge >= 0.3 is 0 Å². The number of nitrogens with zero attached hydrogens (tertiary/aromatic N) is 5. The monoisotopic (exact) mass is 347 g/mol. The average Bonchev–Trinajstić information content (AvgIpc) is 3.10. The van der Waals surface area contributed by atoms with E-state index < -0.39 is 0 Å². The normalized spacial score (nSPS) is 10.8. The lowest BCUT2D eigenvalue weighted by atomic mass is 10.2. The highest BCUT2D eigenvalue weighted by Gasteiger charge is 2.08. The molecule has 1 aromatic carbocycles. The van der Waals surface area contributed by atoms with Gasteiger partial charge in [0.2, 0.25) is 5.95 Å². The quantitative estimate of drug-likeness (QED) is 0.571. The molecule has 4 aromatic rings. The van der Waals surface area contributed by atoms with Gasteiger partial charge in [-0.05, 0) is 29.8 Å². The molecule has 0 spiro atoms. The molecule has 8 nitrogen and oxygen atoms in total. The van der Waals surface area contributed by atoms with Gasteiger partial charge in [-0.25, -0.2) is 19.5 Å².